The summed E-state index contributed by atoms with van der Waals surface area (Å²) in [5.74, 6) is -0.289. The summed E-state index contributed by atoms with van der Waals surface area (Å²) in [6, 6.07) is 3.18. The standard InChI is InChI=1S/C17H23NO4/c1-11-3-4-13(20)15(21)14(11)16-7-8-18(2)10-17(16,22)6-5-12(19)9-16/h3-4,20-22H,5-10H2,1-2H3/t16-,17?/m1/s1. The Morgan fingerprint density at radius 2 is 1.95 bits per heavy atom. The highest BCUT2D eigenvalue weighted by molar-refractivity contribution is 5.82. The van der Waals surface area contributed by atoms with Crippen molar-refractivity contribution in [2.45, 2.75) is 43.6 Å². The number of ketones is 1. The second-order valence-corrected chi connectivity index (χ2v) is 6.94. The number of carbonyl (C=O) groups excluding carboxylic acids is 1. The summed E-state index contributed by atoms with van der Waals surface area (Å²) in [5.41, 5.74) is -0.546. The first kappa shape index (κ1) is 15.3. The van der Waals surface area contributed by atoms with E-state index in [4.69, 9.17) is 0 Å². The van der Waals surface area contributed by atoms with Crippen LogP contribution in [0.4, 0.5) is 0 Å². The van der Waals surface area contributed by atoms with Gasteiger partial charge in [0, 0.05) is 30.4 Å². The van der Waals surface area contributed by atoms with E-state index >= 15 is 0 Å². The van der Waals surface area contributed by atoms with Crippen LogP contribution in [0.15, 0.2) is 12.1 Å². The molecule has 1 heterocycles. The monoisotopic (exact) mass is 305 g/mol. The minimum Gasteiger partial charge on any atom is -0.504 e. The van der Waals surface area contributed by atoms with E-state index in [0.717, 1.165) is 12.1 Å². The molecule has 0 spiro atoms. The summed E-state index contributed by atoms with van der Waals surface area (Å²) in [5, 5.41) is 31.7. The van der Waals surface area contributed by atoms with Crippen LogP contribution in [0.3, 0.4) is 0 Å². The summed E-state index contributed by atoms with van der Waals surface area (Å²) in [6.45, 7) is 3.06. The summed E-state index contributed by atoms with van der Waals surface area (Å²) < 4.78 is 0. The highest BCUT2D eigenvalue weighted by Gasteiger charge is 2.58. The van der Waals surface area contributed by atoms with Gasteiger partial charge in [-0.3, -0.25) is 4.79 Å². The van der Waals surface area contributed by atoms with E-state index in [0.29, 0.717) is 31.4 Å². The van der Waals surface area contributed by atoms with Gasteiger partial charge in [-0.25, -0.2) is 0 Å². The second kappa shape index (κ2) is 4.96. The zero-order valence-corrected chi connectivity index (χ0v) is 13.1. The molecule has 1 aliphatic carbocycles. The lowest BCUT2D eigenvalue weighted by atomic mass is 9.55. The van der Waals surface area contributed by atoms with Crippen molar-refractivity contribution in [3.05, 3.63) is 23.3 Å². The predicted molar refractivity (Wildman–Crippen MR) is 82.1 cm³/mol. The van der Waals surface area contributed by atoms with Crippen LogP contribution in [0, 0.1) is 6.92 Å². The molecule has 1 saturated carbocycles. The molecule has 1 aliphatic heterocycles. The van der Waals surface area contributed by atoms with Gasteiger partial charge >= 0.3 is 0 Å². The van der Waals surface area contributed by atoms with Crippen molar-refractivity contribution in [3.8, 4) is 11.5 Å². The third-order valence-electron chi connectivity index (χ3n) is 5.50. The van der Waals surface area contributed by atoms with E-state index in [1.165, 1.54) is 6.07 Å². The Morgan fingerprint density at radius 3 is 2.68 bits per heavy atom. The second-order valence-electron chi connectivity index (χ2n) is 6.94. The van der Waals surface area contributed by atoms with Gasteiger partial charge < -0.3 is 20.2 Å². The van der Waals surface area contributed by atoms with Gasteiger partial charge in [-0.05, 0) is 45.0 Å². The fourth-order valence-electron chi connectivity index (χ4n) is 4.36. The number of β-amino-alcohol motifs (C(OH)–C–C–N with tert-alkyl or cyclic N) is 1. The van der Waals surface area contributed by atoms with Crippen LogP contribution in [0.2, 0.25) is 0 Å². The smallest absolute Gasteiger partial charge is 0.161 e. The maximum absolute atomic E-state index is 12.2. The van der Waals surface area contributed by atoms with Crippen molar-refractivity contribution in [2.24, 2.45) is 0 Å². The number of phenols is 2. The maximum Gasteiger partial charge on any atom is 0.161 e. The number of benzene rings is 1. The number of piperidine rings is 1. The summed E-state index contributed by atoms with van der Waals surface area (Å²) in [7, 11) is 1.95. The van der Waals surface area contributed by atoms with Crippen LogP contribution in [-0.2, 0) is 10.2 Å². The Kier molecular flexibility index (Phi) is 3.45. The number of rotatable bonds is 1. The molecule has 0 bridgehead atoms. The van der Waals surface area contributed by atoms with Crippen LogP contribution in [0.25, 0.3) is 0 Å². The Balaban J connectivity index is 2.23. The van der Waals surface area contributed by atoms with Gasteiger partial charge in [0.15, 0.2) is 11.5 Å². The summed E-state index contributed by atoms with van der Waals surface area (Å²) in [6.07, 6.45) is 1.56. The zero-order chi connectivity index (χ0) is 16.1. The zero-order valence-electron chi connectivity index (χ0n) is 13.1. The molecule has 2 aliphatic rings. The molecular weight excluding hydrogens is 282 g/mol. The van der Waals surface area contributed by atoms with Crippen molar-refractivity contribution in [1.82, 2.24) is 4.90 Å². The molecular formula is C17H23NO4. The van der Waals surface area contributed by atoms with Crippen molar-refractivity contribution in [1.29, 1.82) is 0 Å². The largest absolute Gasteiger partial charge is 0.504 e. The van der Waals surface area contributed by atoms with Crippen LogP contribution < -0.4 is 0 Å². The number of aromatic hydroxyl groups is 2. The number of nitrogens with zero attached hydrogens (tertiary/aromatic N) is 1. The molecule has 0 aromatic heterocycles. The molecule has 1 unspecified atom stereocenters. The number of likely N-dealkylation sites (tertiary alicyclic amines) is 1. The van der Waals surface area contributed by atoms with E-state index < -0.39 is 11.0 Å². The molecule has 1 saturated heterocycles. The van der Waals surface area contributed by atoms with Gasteiger partial charge in [0.1, 0.15) is 5.78 Å². The molecule has 22 heavy (non-hydrogen) atoms. The molecule has 1 aromatic rings. The van der Waals surface area contributed by atoms with E-state index in [1.807, 2.05) is 14.0 Å². The lowest BCUT2D eigenvalue weighted by Crippen LogP contribution is -2.65. The van der Waals surface area contributed by atoms with Crippen LogP contribution in [0.1, 0.15) is 36.8 Å². The lowest BCUT2D eigenvalue weighted by molar-refractivity contribution is -0.145. The normalized spacial score (nSPS) is 32.8. The number of hydrogen-bond acceptors (Lipinski definition) is 5. The topological polar surface area (TPSA) is 81.0 Å². The number of aliphatic hydroxyl groups is 1. The first-order valence-corrected chi connectivity index (χ1v) is 7.74. The average molecular weight is 305 g/mol. The minimum absolute atomic E-state index is 0.108. The Bertz CT molecular complexity index is 629. The quantitative estimate of drug-likeness (QED) is 0.685. The van der Waals surface area contributed by atoms with Crippen LogP contribution >= 0.6 is 0 Å². The first-order chi connectivity index (χ1) is 10.3. The van der Waals surface area contributed by atoms with Crippen LogP contribution in [0.5, 0.6) is 11.5 Å². The number of hydrogen-bond donors (Lipinski definition) is 3. The van der Waals surface area contributed by atoms with Gasteiger partial charge in [0.25, 0.3) is 0 Å². The highest BCUT2D eigenvalue weighted by atomic mass is 16.3. The number of aryl methyl sites for hydroxylation is 1. The molecule has 0 radical (unpaired) electrons. The molecule has 5 heteroatoms. The maximum atomic E-state index is 12.2. The molecule has 3 rings (SSSR count). The first-order valence-electron chi connectivity index (χ1n) is 7.74. The van der Waals surface area contributed by atoms with Gasteiger partial charge in [-0.15, -0.1) is 0 Å². The average Bonchev–Trinajstić information content (AvgIpc) is 2.45. The van der Waals surface area contributed by atoms with E-state index in [2.05, 4.69) is 4.90 Å². The third-order valence-corrected chi connectivity index (χ3v) is 5.50. The number of Topliss-reactive ketones (excluding diaryl/α,β-unsaturated/α-hetero) is 1. The molecule has 2 fully saturated rings. The third kappa shape index (κ3) is 2.03. The Morgan fingerprint density at radius 1 is 1.23 bits per heavy atom. The molecule has 1 aromatic carbocycles. The highest BCUT2D eigenvalue weighted by Crippen LogP contribution is 2.54. The number of carbonyl (C=O) groups is 1. The lowest BCUT2D eigenvalue weighted by Gasteiger charge is -2.56. The molecule has 2 atom stereocenters. The van der Waals surface area contributed by atoms with Crippen molar-refractivity contribution >= 4 is 5.78 Å². The fraction of sp³-hybridized carbons (Fsp3) is 0.588. The number of fused-ring (bicyclic) bond motifs is 1. The number of phenolic OH excluding ortho intramolecular Hbond substituents is 2. The molecule has 5 nitrogen and oxygen atoms in total. The van der Waals surface area contributed by atoms with Gasteiger partial charge in [0.2, 0.25) is 0 Å². The SMILES string of the molecule is Cc1ccc(O)c(O)c1[C@]12CCN(C)CC1(O)CCC(=O)C2. The summed E-state index contributed by atoms with van der Waals surface area (Å²) in [4.78, 5) is 14.2. The van der Waals surface area contributed by atoms with Gasteiger partial charge in [0.05, 0.1) is 5.60 Å². The predicted octanol–water partition coefficient (Wildman–Crippen LogP) is 1.46. The van der Waals surface area contributed by atoms with E-state index in [9.17, 15) is 20.1 Å². The molecule has 120 valence electrons. The van der Waals surface area contributed by atoms with Gasteiger partial charge in [-0.1, -0.05) is 6.07 Å². The summed E-state index contributed by atoms with van der Waals surface area (Å²) >= 11 is 0. The molecule has 3 N–H and O–H groups in total. The van der Waals surface area contributed by atoms with Crippen molar-refractivity contribution in [3.63, 3.8) is 0 Å². The Labute approximate surface area is 130 Å². The van der Waals surface area contributed by atoms with Gasteiger partial charge in [-0.2, -0.15) is 0 Å². The van der Waals surface area contributed by atoms with E-state index in [-0.39, 0.29) is 23.7 Å². The minimum atomic E-state index is -1.07. The van der Waals surface area contributed by atoms with E-state index in [1.54, 1.807) is 6.07 Å². The fourth-order valence-corrected chi connectivity index (χ4v) is 4.36. The van der Waals surface area contributed by atoms with Crippen molar-refractivity contribution in [2.75, 3.05) is 20.1 Å². The number of likely N-dealkylation sites (N-methyl/N-ethyl adjacent to an activating group) is 1. The van der Waals surface area contributed by atoms with Crippen LogP contribution in [-0.4, -0.2) is 51.7 Å². The molecule has 0 amide bonds. The van der Waals surface area contributed by atoms with Crippen molar-refractivity contribution < 1.29 is 20.1 Å². The Hall–Kier alpha value is -1.59.